The molecule has 0 atom stereocenters. The lowest BCUT2D eigenvalue weighted by Gasteiger charge is -2.28. The van der Waals surface area contributed by atoms with Gasteiger partial charge in [0, 0.05) is 25.5 Å². The summed E-state index contributed by atoms with van der Waals surface area (Å²) in [5, 5.41) is 4.51. The van der Waals surface area contributed by atoms with Crippen LogP contribution in [0.15, 0.2) is 42.5 Å². The van der Waals surface area contributed by atoms with E-state index in [0.717, 1.165) is 48.0 Å². The molecule has 0 bridgehead atoms. The third kappa shape index (κ3) is 5.32. The van der Waals surface area contributed by atoms with Gasteiger partial charge in [-0.05, 0) is 55.5 Å². The van der Waals surface area contributed by atoms with E-state index < -0.39 is 0 Å². The van der Waals surface area contributed by atoms with Gasteiger partial charge in [0.25, 0.3) is 0 Å². The number of hydrogen-bond donors (Lipinski definition) is 1. The summed E-state index contributed by atoms with van der Waals surface area (Å²) in [7, 11) is 7.15. The SMILES string of the molecule is COc1ccc(COC(=O)C2CCC(Nc3nc(N(C)C)c4ccccc4n3)CC2)cc1OC. The summed E-state index contributed by atoms with van der Waals surface area (Å²) in [6, 6.07) is 13.8. The topological polar surface area (TPSA) is 85.8 Å². The number of benzene rings is 2. The number of anilines is 2. The number of hydrogen-bond acceptors (Lipinski definition) is 8. The predicted octanol–water partition coefficient (Wildman–Crippen LogP) is 4.43. The standard InChI is InChI=1S/C26H32N4O4/c1-30(2)24-20-7-5-6-8-21(20)28-26(29-24)27-19-12-10-18(11-13-19)25(31)34-16-17-9-14-22(32-3)23(15-17)33-4/h5-9,14-15,18-19H,10-13,16H2,1-4H3,(H,27,28,29). The summed E-state index contributed by atoms with van der Waals surface area (Å²) in [5.41, 5.74) is 1.78. The lowest BCUT2D eigenvalue weighted by atomic mass is 9.86. The molecule has 0 saturated heterocycles. The summed E-state index contributed by atoms with van der Waals surface area (Å²) in [6.07, 6.45) is 3.28. The second-order valence-electron chi connectivity index (χ2n) is 8.77. The molecule has 180 valence electrons. The molecule has 4 rings (SSSR count). The zero-order chi connectivity index (χ0) is 24.1. The smallest absolute Gasteiger partial charge is 0.309 e. The lowest BCUT2D eigenvalue weighted by molar-refractivity contribution is -0.151. The first-order valence-corrected chi connectivity index (χ1v) is 11.6. The Kier molecular flexibility index (Phi) is 7.35. The second-order valence-corrected chi connectivity index (χ2v) is 8.77. The van der Waals surface area contributed by atoms with Crippen molar-refractivity contribution in [2.75, 3.05) is 38.5 Å². The van der Waals surface area contributed by atoms with Gasteiger partial charge in [-0.15, -0.1) is 0 Å². The van der Waals surface area contributed by atoms with Crippen LogP contribution < -0.4 is 19.7 Å². The minimum atomic E-state index is -0.148. The zero-order valence-electron chi connectivity index (χ0n) is 20.2. The maximum absolute atomic E-state index is 12.7. The average molecular weight is 465 g/mol. The van der Waals surface area contributed by atoms with Gasteiger partial charge < -0.3 is 24.4 Å². The molecule has 34 heavy (non-hydrogen) atoms. The summed E-state index contributed by atoms with van der Waals surface area (Å²) < 4.78 is 16.2. The van der Waals surface area contributed by atoms with E-state index in [4.69, 9.17) is 24.2 Å². The van der Waals surface area contributed by atoms with E-state index in [2.05, 4.69) is 5.32 Å². The molecular weight excluding hydrogens is 432 g/mol. The Morgan fingerprint density at radius 2 is 1.74 bits per heavy atom. The van der Waals surface area contributed by atoms with E-state index >= 15 is 0 Å². The van der Waals surface area contributed by atoms with Crippen LogP contribution in [0, 0.1) is 5.92 Å². The number of fused-ring (bicyclic) bond motifs is 1. The lowest BCUT2D eigenvalue weighted by Crippen LogP contribution is -2.31. The first kappa shape index (κ1) is 23.6. The molecule has 3 aromatic rings. The molecule has 8 nitrogen and oxygen atoms in total. The van der Waals surface area contributed by atoms with Crippen LogP contribution in [-0.4, -0.2) is 50.3 Å². The molecule has 0 spiro atoms. The van der Waals surface area contributed by atoms with E-state index in [1.54, 1.807) is 14.2 Å². The van der Waals surface area contributed by atoms with Gasteiger partial charge >= 0.3 is 5.97 Å². The number of para-hydroxylation sites is 1. The highest BCUT2D eigenvalue weighted by Gasteiger charge is 2.28. The number of rotatable bonds is 8. The third-order valence-electron chi connectivity index (χ3n) is 6.23. The molecule has 2 aromatic carbocycles. The largest absolute Gasteiger partial charge is 0.493 e. The van der Waals surface area contributed by atoms with Crippen molar-refractivity contribution in [2.24, 2.45) is 5.92 Å². The molecule has 0 radical (unpaired) electrons. The Labute approximate surface area is 200 Å². The van der Waals surface area contributed by atoms with Crippen molar-refractivity contribution in [1.82, 2.24) is 9.97 Å². The molecule has 1 aliphatic carbocycles. The van der Waals surface area contributed by atoms with Crippen molar-refractivity contribution in [3.05, 3.63) is 48.0 Å². The highest BCUT2D eigenvalue weighted by Crippen LogP contribution is 2.30. The van der Waals surface area contributed by atoms with Crippen LogP contribution in [0.2, 0.25) is 0 Å². The molecule has 1 N–H and O–H groups in total. The van der Waals surface area contributed by atoms with E-state index in [-0.39, 0.29) is 24.5 Å². The number of nitrogens with zero attached hydrogens (tertiary/aromatic N) is 3. The van der Waals surface area contributed by atoms with Gasteiger partial charge in [-0.1, -0.05) is 18.2 Å². The summed E-state index contributed by atoms with van der Waals surface area (Å²) in [4.78, 5) is 24.1. The maximum atomic E-state index is 12.7. The Morgan fingerprint density at radius 3 is 2.44 bits per heavy atom. The van der Waals surface area contributed by atoms with E-state index in [1.165, 1.54) is 0 Å². The van der Waals surface area contributed by atoms with Crippen LogP contribution >= 0.6 is 0 Å². The van der Waals surface area contributed by atoms with E-state index in [0.29, 0.717) is 17.4 Å². The average Bonchev–Trinajstić information content (AvgIpc) is 2.86. The number of carbonyl (C=O) groups is 1. The number of nitrogens with one attached hydrogen (secondary N) is 1. The van der Waals surface area contributed by atoms with Crippen LogP contribution in [0.5, 0.6) is 11.5 Å². The molecule has 1 fully saturated rings. The number of aromatic nitrogens is 2. The molecule has 1 saturated carbocycles. The van der Waals surface area contributed by atoms with Crippen molar-refractivity contribution >= 4 is 28.6 Å². The van der Waals surface area contributed by atoms with Crippen LogP contribution in [-0.2, 0) is 16.1 Å². The Bertz CT molecular complexity index is 1140. The summed E-state index contributed by atoms with van der Waals surface area (Å²) >= 11 is 0. The fraction of sp³-hybridized carbons (Fsp3) is 0.423. The van der Waals surface area contributed by atoms with Gasteiger partial charge in [-0.25, -0.2) is 4.98 Å². The highest BCUT2D eigenvalue weighted by atomic mass is 16.5. The number of esters is 1. The molecular formula is C26H32N4O4. The third-order valence-corrected chi connectivity index (χ3v) is 6.23. The first-order chi connectivity index (χ1) is 16.5. The van der Waals surface area contributed by atoms with E-state index in [1.807, 2.05) is 61.5 Å². The van der Waals surface area contributed by atoms with Gasteiger partial charge in [0.1, 0.15) is 12.4 Å². The Balaban J connectivity index is 1.32. The summed E-state index contributed by atoms with van der Waals surface area (Å²) in [5.74, 6) is 2.55. The normalized spacial score (nSPS) is 17.8. The summed E-state index contributed by atoms with van der Waals surface area (Å²) in [6.45, 7) is 0.218. The zero-order valence-corrected chi connectivity index (χ0v) is 20.2. The van der Waals surface area contributed by atoms with Gasteiger partial charge in [-0.3, -0.25) is 4.79 Å². The van der Waals surface area contributed by atoms with Crippen LogP contribution in [0.25, 0.3) is 10.9 Å². The fourth-order valence-corrected chi connectivity index (χ4v) is 4.36. The first-order valence-electron chi connectivity index (χ1n) is 11.6. The maximum Gasteiger partial charge on any atom is 0.309 e. The molecule has 1 aliphatic rings. The fourth-order valence-electron chi connectivity index (χ4n) is 4.36. The molecule has 8 heteroatoms. The van der Waals surface area contributed by atoms with Gasteiger partial charge in [-0.2, -0.15) is 4.98 Å². The van der Waals surface area contributed by atoms with Crippen molar-refractivity contribution in [2.45, 2.75) is 38.3 Å². The van der Waals surface area contributed by atoms with Crippen molar-refractivity contribution in [1.29, 1.82) is 0 Å². The van der Waals surface area contributed by atoms with Crippen LogP contribution in [0.4, 0.5) is 11.8 Å². The number of carbonyl (C=O) groups excluding carboxylic acids is 1. The van der Waals surface area contributed by atoms with Gasteiger partial charge in [0.15, 0.2) is 11.5 Å². The minimum Gasteiger partial charge on any atom is -0.493 e. The van der Waals surface area contributed by atoms with Crippen LogP contribution in [0.3, 0.4) is 0 Å². The quantitative estimate of drug-likeness (QED) is 0.490. The Hall–Kier alpha value is -3.55. The molecule has 0 unspecified atom stereocenters. The molecule has 0 aliphatic heterocycles. The van der Waals surface area contributed by atoms with Gasteiger partial charge in [0.2, 0.25) is 5.95 Å². The molecule has 1 heterocycles. The van der Waals surface area contributed by atoms with Crippen molar-refractivity contribution in [3.63, 3.8) is 0 Å². The molecule has 1 aromatic heterocycles. The Morgan fingerprint density at radius 1 is 1.00 bits per heavy atom. The van der Waals surface area contributed by atoms with Crippen LogP contribution in [0.1, 0.15) is 31.2 Å². The van der Waals surface area contributed by atoms with Gasteiger partial charge in [0.05, 0.1) is 25.7 Å². The minimum absolute atomic E-state index is 0.0898. The molecule has 0 amide bonds. The van der Waals surface area contributed by atoms with E-state index in [9.17, 15) is 4.79 Å². The number of methoxy groups -OCH3 is 2. The predicted molar refractivity (Wildman–Crippen MR) is 133 cm³/mol. The monoisotopic (exact) mass is 464 g/mol. The number of ether oxygens (including phenoxy) is 3. The second kappa shape index (κ2) is 10.6. The highest BCUT2D eigenvalue weighted by molar-refractivity contribution is 5.90. The van der Waals surface area contributed by atoms with Crippen molar-refractivity contribution < 1.29 is 19.0 Å². The van der Waals surface area contributed by atoms with Crippen molar-refractivity contribution in [3.8, 4) is 11.5 Å².